The zero-order chi connectivity index (χ0) is 21.3. The number of halogens is 1. The molecule has 0 radical (unpaired) electrons. The topological polar surface area (TPSA) is 137 Å². The first-order valence-electron chi connectivity index (χ1n) is 10.0. The van der Waals surface area contributed by atoms with Crippen LogP contribution in [0.2, 0.25) is 0 Å². The minimum atomic E-state index is -1.43. The first kappa shape index (κ1) is 28.0. The number of carbonyl (C=O) groups excluding carboxylic acids is 2. The molecule has 0 unspecified atom stereocenters. The number of amides is 2. The van der Waals surface area contributed by atoms with E-state index in [0.717, 1.165) is 0 Å². The Balaban J connectivity index is 0.00000784. The Bertz CT molecular complexity index is 497. The van der Waals surface area contributed by atoms with E-state index in [1.54, 1.807) is 4.90 Å². The van der Waals surface area contributed by atoms with Crippen LogP contribution in [-0.2, 0) is 14.3 Å². The van der Waals surface area contributed by atoms with Gasteiger partial charge in [0.1, 0.15) is 18.3 Å². The van der Waals surface area contributed by atoms with E-state index in [0.29, 0.717) is 38.3 Å². The van der Waals surface area contributed by atoms with Crippen molar-refractivity contribution < 1.29 is 29.6 Å². The monoisotopic (exact) mass is 439 g/mol. The van der Waals surface area contributed by atoms with Crippen LogP contribution < -0.4 is 5.73 Å². The van der Waals surface area contributed by atoms with Crippen molar-refractivity contribution in [2.45, 2.75) is 64.4 Å². The fraction of sp³-hybridized carbons (Fsp3) is 0.895. The summed E-state index contributed by atoms with van der Waals surface area (Å²) in [6, 6.07) is -0.594. The van der Waals surface area contributed by atoms with Crippen LogP contribution in [0.3, 0.4) is 0 Å². The van der Waals surface area contributed by atoms with Crippen LogP contribution in [0.4, 0.5) is 0 Å². The Morgan fingerprint density at radius 3 is 2.28 bits per heavy atom. The largest absolute Gasteiger partial charge is 0.388 e. The summed E-state index contributed by atoms with van der Waals surface area (Å²) < 4.78 is 5.35. The van der Waals surface area contributed by atoms with E-state index in [2.05, 4.69) is 0 Å². The van der Waals surface area contributed by atoms with Crippen LogP contribution in [0.5, 0.6) is 0 Å². The smallest absolute Gasteiger partial charge is 0.239 e. The summed E-state index contributed by atoms with van der Waals surface area (Å²) in [6.45, 7) is 6.49. The molecule has 1 fully saturated rings. The molecule has 2 amide bonds. The van der Waals surface area contributed by atoms with Gasteiger partial charge in [0.25, 0.3) is 0 Å². The van der Waals surface area contributed by atoms with Crippen LogP contribution in [0.1, 0.15) is 40.0 Å². The molecular weight excluding hydrogens is 402 g/mol. The van der Waals surface area contributed by atoms with Gasteiger partial charge >= 0.3 is 0 Å². The predicted molar refractivity (Wildman–Crippen MR) is 112 cm³/mol. The molecule has 29 heavy (non-hydrogen) atoms. The summed E-state index contributed by atoms with van der Waals surface area (Å²) in [6.07, 6.45) is -2.04. The number of aliphatic hydroxyl groups is 3. The predicted octanol–water partition coefficient (Wildman–Crippen LogP) is -0.648. The van der Waals surface area contributed by atoms with Gasteiger partial charge in [-0.25, -0.2) is 0 Å². The maximum Gasteiger partial charge on any atom is 0.239 e. The number of hydrogen-bond acceptors (Lipinski definition) is 7. The number of aliphatic hydroxyl groups excluding tert-OH is 3. The van der Waals surface area contributed by atoms with E-state index in [1.807, 2.05) is 13.8 Å². The molecule has 0 spiro atoms. The Kier molecular flexibility index (Phi) is 13.6. The van der Waals surface area contributed by atoms with Gasteiger partial charge in [-0.2, -0.15) is 0 Å². The molecule has 5 N–H and O–H groups in total. The van der Waals surface area contributed by atoms with E-state index in [1.165, 1.54) is 11.8 Å². The van der Waals surface area contributed by atoms with Gasteiger partial charge in [-0.3, -0.25) is 9.59 Å². The van der Waals surface area contributed by atoms with Crippen LogP contribution in [0.25, 0.3) is 0 Å². The Morgan fingerprint density at radius 1 is 1.07 bits per heavy atom. The maximum absolute atomic E-state index is 12.8. The molecule has 1 aliphatic rings. The number of nitrogens with zero attached hydrogens (tertiary/aromatic N) is 2. The molecule has 1 aliphatic heterocycles. The molecule has 0 aromatic carbocycles. The summed E-state index contributed by atoms with van der Waals surface area (Å²) in [5.41, 5.74) is 6.06. The van der Waals surface area contributed by atoms with Gasteiger partial charge in [-0.15, -0.1) is 12.4 Å². The first-order valence-corrected chi connectivity index (χ1v) is 10.0. The van der Waals surface area contributed by atoms with Gasteiger partial charge in [-0.1, -0.05) is 13.8 Å². The summed E-state index contributed by atoms with van der Waals surface area (Å²) in [5.74, 6) is -0.145. The van der Waals surface area contributed by atoms with Crippen molar-refractivity contribution in [3.8, 4) is 0 Å². The third kappa shape index (κ3) is 10.1. The number of nitrogens with two attached hydrogens (primary N) is 1. The van der Waals surface area contributed by atoms with Crippen molar-refractivity contribution in [1.29, 1.82) is 0 Å². The number of β-amino-alcohol motifs (C(OH)–C–C–N with tert-alkyl or cyclic N) is 1. The van der Waals surface area contributed by atoms with Crippen LogP contribution in [-0.4, -0.2) is 101 Å². The van der Waals surface area contributed by atoms with Crippen LogP contribution in [0.15, 0.2) is 0 Å². The first-order chi connectivity index (χ1) is 13.1. The van der Waals surface area contributed by atoms with E-state index < -0.39 is 24.4 Å². The molecule has 0 bridgehead atoms. The Labute approximate surface area is 179 Å². The van der Waals surface area contributed by atoms with Crippen LogP contribution in [0, 0.1) is 5.92 Å². The molecule has 0 aromatic heterocycles. The molecule has 1 rings (SSSR count). The zero-order valence-corrected chi connectivity index (χ0v) is 18.5. The van der Waals surface area contributed by atoms with E-state index in [4.69, 9.17) is 10.5 Å². The maximum atomic E-state index is 12.8. The van der Waals surface area contributed by atoms with Crippen molar-refractivity contribution >= 4 is 24.2 Å². The van der Waals surface area contributed by atoms with Crippen molar-refractivity contribution in [3.63, 3.8) is 0 Å². The highest BCUT2D eigenvalue weighted by molar-refractivity contribution is 5.85. The minimum absolute atomic E-state index is 0. The second-order valence-corrected chi connectivity index (χ2v) is 7.93. The second-order valence-electron chi connectivity index (χ2n) is 7.93. The lowest BCUT2D eigenvalue weighted by atomic mass is 10.0. The summed E-state index contributed by atoms with van der Waals surface area (Å²) in [7, 11) is 0. The van der Waals surface area contributed by atoms with Crippen molar-refractivity contribution in [2.75, 3.05) is 39.4 Å². The fourth-order valence-corrected chi connectivity index (χ4v) is 3.19. The summed E-state index contributed by atoms with van der Waals surface area (Å²) in [4.78, 5) is 27.7. The third-order valence-electron chi connectivity index (χ3n) is 4.89. The van der Waals surface area contributed by atoms with Gasteiger partial charge < -0.3 is 35.6 Å². The van der Waals surface area contributed by atoms with Crippen molar-refractivity contribution in [1.82, 2.24) is 9.80 Å². The molecule has 9 nitrogen and oxygen atoms in total. The highest BCUT2D eigenvalue weighted by Crippen LogP contribution is 2.10. The molecule has 172 valence electrons. The molecule has 10 heteroatoms. The zero-order valence-electron chi connectivity index (χ0n) is 17.7. The number of rotatable bonds is 3. The highest BCUT2D eigenvalue weighted by Gasteiger charge is 2.29. The molecule has 0 aliphatic carbocycles. The SMILES string of the molecule is CC(=O)N1CCN(C(=O)[C@H](N)CC(C)C)CCCCOC[C@@H](O)[C@H](O)[C@@H](O)C1.Cl. The Morgan fingerprint density at radius 2 is 1.69 bits per heavy atom. The van der Waals surface area contributed by atoms with Crippen molar-refractivity contribution in [2.24, 2.45) is 11.7 Å². The lowest BCUT2D eigenvalue weighted by molar-refractivity contribution is -0.138. The molecule has 0 saturated carbocycles. The molecule has 1 saturated heterocycles. The van der Waals surface area contributed by atoms with E-state index in [9.17, 15) is 24.9 Å². The third-order valence-corrected chi connectivity index (χ3v) is 4.89. The number of ether oxygens (including phenoxy) is 1. The summed E-state index contributed by atoms with van der Waals surface area (Å²) >= 11 is 0. The standard InChI is InChI=1S/C19H37N3O6.ClH/c1-13(2)10-15(20)19(27)21-6-4-5-9-28-12-17(25)18(26)16(24)11-22(8-7-21)14(3)23;/h13,15-18,24-26H,4-12,20H2,1-3H3;1H/t15-,16+,17-,18-;/m1./s1. The molecule has 1 heterocycles. The lowest BCUT2D eigenvalue weighted by Crippen LogP contribution is -2.51. The van der Waals surface area contributed by atoms with Crippen molar-refractivity contribution in [3.05, 3.63) is 0 Å². The van der Waals surface area contributed by atoms with Gasteiger partial charge in [0.05, 0.1) is 12.6 Å². The highest BCUT2D eigenvalue weighted by atomic mass is 35.5. The summed E-state index contributed by atoms with van der Waals surface area (Å²) in [5, 5.41) is 30.2. The van der Waals surface area contributed by atoms with Gasteiger partial charge in [0.2, 0.25) is 11.8 Å². The lowest BCUT2D eigenvalue weighted by Gasteiger charge is -2.32. The molecule has 4 atom stereocenters. The van der Waals surface area contributed by atoms with Gasteiger partial charge in [-0.05, 0) is 25.2 Å². The van der Waals surface area contributed by atoms with Crippen LogP contribution >= 0.6 is 12.4 Å². The minimum Gasteiger partial charge on any atom is -0.388 e. The van der Waals surface area contributed by atoms with Gasteiger partial charge in [0.15, 0.2) is 0 Å². The Hall–Kier alpha value is -0.970. The van der Waals surface area contributed by atoms with E-state index in [-0.39, 0.29) is 50.5 Å². The second kappa shape index (κ2) is 14.1. The average molecular weight is 440 g/mol. The normalized spacial score (nSPS) is 26.4. The average Bonchev–Trinajstić information content (AvgIpc) is 2.62. The van der Waals surface area contributed by atoms with E-state index >= 15 is 0 Å². The molecule has 0 aromatic rings. The molecular formula is C19H38ClN3O6. The van der Waals surface area contributed by atoms with Gasteiger partial charge in [0, 0.05) is 39.7 Å². The quantitative estimate of drug-likeness (QED) is 0.458. The number of carbonyl (C=O) groups is 2. The number of hydrogen-bond donors (Lipinski definition) is 4. The fourth-order valence-electron chi connectivity index (χ4n) is 3.19.